The van der Waals surface area contributed by atoms with Crippen LogP contribution in [-0.4, -0.2) is 6.61 Å². The number of hydrogen-bond donors (Lipinski definition) is 1. The molecule has 2 aromatic rings. The van der Waals surface area contributed by atoms with E-state index in [1.54, 1.807) is 0 Å². The standard InChI is InChI=1S/C12H11NO/c13-10-7-14-11-6-5-8-3-1-2-4-9(8)12(10)11/h1-6,10H,7,13H2. The van der Waals surface area contributed by atoms with Crippen molar-refractivity contribution in [3.05, 3.63) is 42.0 Å². The molecule has 0 saturated carbocycles. The highest BCUT2D eigenvalue weighted by molar-refractivity contribution is 5.88. The van der Waals surface area contributed by atoms with Crippen molar-refractivity contribution < 1.29 is 4.74 Å². The van der Waals surface area contributed by atoms with Crippen LogP contribution in [0.15, 0.2) is 36.4 Å². The minimum Gasteiger partial charge on any atom is -0.491 e. The number of hydrogen-bond acceptors (Lipinski definition) is 2. The van der Waals surface area contributed by atoms with Crippen LogP contribution in [-0.2, 0) is 0 Å². The molecule has 2 N–H and O–H groups in total. The first kappa shape index (κ1) is 7.83. The van der Waals surface area contributed by atoms with E-state index in [9.17, 15) is 0 Å². The first-order valence-electron chi connectivity index (χ1n) is 4.76. The zero-order chi connectivity index (χ0) is 9.54. The summed E-state index contributed by atoms with van der Waals surface area (Å²) in [6.07, 6.45) is 0. The Morgan fingerprint density at radius 1 is 1.14 bits per heavy atom. The van der Waals surface area contributed by atoms with Gasteiger partial charge in [-0.2, -0.15) is 0 Å². The van der Waals surface area contributed by atoms with Crippen molar-refractivity contribution in [2.24, 2.45) is 5.73 Å². The van der Waals surface area contributed by atoms with Crippen molar-refractivity contribution in [2.45, 2.75) is 6.04 Å². The quantitative estimate of drug-likeness (QED) is 0.683. The molecule has 0 bridgehead atoms. The number of nitrogens with two attached hydrogens (primary N) is 1. The van der Waals surface area contributed by atoms with Gasteiger partial charge in [0.15, 0.2) is 0 Å². The van der Waals surface area contributed by atoms with Crippen molar-refractivity contribution in [3.63, 3.8) is 0 Å². The molecule has 0 aliphatic carbocycles. The van der Waals surface area contributed by atoms with E-state index in [0.717, 1.165) is 11.3 Å². The van der Waals surface area contributed by atoms with Crippen LogP contribution < -0.4 is 10.5 Å². The van der Waals surface area contributed by atoms with Gasteiger partial charge >= 0.3 is 0 Å². The SMILES string of the molecule is NC1COc2ccc3ccccc3c21. The van der Waals surface area contributed by atoms with Gasteiger partial charge in [-0.15, -0.1) is 0 Å². The van der Waals surface area contributed by atoms with Crippen molar-refractivity contribution in [1.82, 2.24) is 0 Å². The predicted octanol–water partition coefficient (Wildman–Crippen LogP) is 2.23. The van der Waals surface area contributed by atoms with Crippen molar-refractivity contribution in [3.8, 4) is 5.75 Å². The lowest BCUT2D eigenvalue weighted by atomic mass is 10.0. The molecule has 0 aromatic heterocycles. The molecule has 1 aliphatic rings. The maximum atomic E-state index is 5.99. The van der Waals surface area contributed by atoms with Gasteiger partial charge in [0.25, 0.3) is 0 Å². The van der Waals surface area contributed by atoms with Crippen LogP contribution in [0.5, 0.6) is 5.75 Å². The molecule has 2 aromatic carbocycles. The second-order valence-corrected chi connectivity index (χ2v) is 3.62. The fourth-order valence-electron chi connectivity index (χ4n) is 2.05. The zero-order valence-electron chi connectivity index (χ0n) is 7.73. The van der Waals surface area contributed by atoms with Crippen LogP contribution in [0.2, 0.25) is 0 Å². The molecule has 2 heteroatoms. The van der Waals surface area contributed by atoms with Crippen LogP contribution >= 0.6 is 0 Å². The first-order chi connectivity index (χ1) is 6.86. The van der Waals surface area contributed by atoms with Gasteiger partial charge in [-0.25, -0.2) is 0 Å². The predicted molar refractivity (Wildman–Crippen MR) is 56.4 cm³/mol. The highest BCUT2D eigenvalue weighted by Crippen LogP contribution is 2.36. The maximum Gasteiger partial charge on any atom is 0.124 e. The van der Waals surface area contributed by atoms with Gasteiger partial charge in [0.1, 0.15) is 12.4 Å². The second kappa shape index (κ2) is 2.72. The van der Waals surface area contributed by atoms with Gasteiger partial charge in [0.2, 0.25) is 0 Å². The summed E-state index contributed by atoms with van der Waals surface area (Å²) in [6, 6.07) is 12.4. The lowest BCUT2D eigenvalue weighted by Crippen LogP contribution is -2.11. The number of fused-ring (bicyclic) bond motifs is 3. The summed E-state index contributed by atoms with van der Waals surface area (Å²) in [7, 11) is 0. The molecule has 0 saturated heterocycles. The van der Waals surface area contributed by atoms with Gasteiger partial charge in [0, 0.05) is 5.56 Å². The van der Waals surface area contributed by atoms with Crippen LogP contribution in [0.25, 0.3) is 10.8 Å². The van der Waals surface area contributed by atoms with E-state index in [2.05, 4.69) is 18.2 Å². The minimum atomic E-state index is 0.0242. The molecule has 2 nitrogen and oxygen atoms in total. The molecule has 1 heterocycles. The van der Waals surface area contributed by atoms with Crippen LogP contribution in [0.1, 0.15) is 11.6 Å². The number of rotatable bonds is 0. The Kier molecular flexibility index (Phi) is 1.52. The Bertz CT molecular complexity index is 493. The fourth-order valence-corrected chi connectivity index (χ4v) is 2.05. The Morgan fingerprint density at radius 2 is 2.00 bits per heavy atom. The lowest BCUT2D eigenvalue weighted by molar-refractivity contribution is 0.333. The summed E-state index contributed by atoms with van der Waals surface area (Å²) in [6.45, 7) is 0.601. The Morgan fingerprint density at radius 3 is 2.93 bits per heavy atom. The maximum absolute atomic E-state index is 5.99. The molecule has 1 atom stereocenters. The minimum absolute atomic E-state index is 0.0242. The summed E-state index contributed by atoms with van der Waals surface area (Å²) in [5.74, 6) is 0.941. The summed E-state index contributed by atoms with van der Waals surface area (Å²) in [5.41, 5.74) is 7.14. The summed E-state index contributed by atoms with van der Waals surface area (Å²) in [5, 5.41) is 2.45. The molecule has 70 valence electrons. The van der Waals surface area contributed by atoms with Crippen LogP contribution in [0, 0.1) is 0 Å². The Labute approximate surface area is 82.3 Å². The molecule has 14 heavy (non-hydrogen) atoms. The molecular weight excluding hydrogens is 174 g/mol. The van der Waals surface area contributed by atoms with Crippen molar-refractivity contribution in [2.75, 3.05) is 6.61 Å². The summed E-state index contributed by atoms with van der Waals surface area (Å²) >= 11 is 0. The van der Waals surface area contributed by atoms with E-state index in [4.69, 9.17) is 10.5 Å². The van der Waals surface area contributed by atoms with Crippen LogP contribution in [0.4, 0.5) is 0 Å². The molecular formula is C12H11NO. The van der Waals surface area contributed by atoms with Gasteiger partial charge in [-0.3, -0.25) is 0 Å². The molecule has 1 unspecified atom stereocenters. The number of ether oxygens (including phenoxy) is 1. The molecule has 0 spiro atoms. The Hall–Kier alpha value is -1.54. The third-order valence-corrected chi connectivity index (χ3v) is 2.72. The van der Waals surface area contributed by atoms with Crippen LogP contribution in [0.3, 0.4) is 0 Å². The average Bonchev–Trinajstić information content (AvgIpc) is 2.61. The molecule has 3 rings (SSSR count). The Balaban J connectivity index is 2.41. The third kappa shape index (κ3) is 0.946. The normalized spacial score (nSPS) is 19.4. The van der Waals surface area contributed by atoms with E-state index in [-0.39, 0.29) is 6.04 Å². The highest BCUT2D eigenvalue weighted by Gasteiger charge is 2.22. The third-order valence-electron chi connectivity index (χ3n) is 2.72. The second-order valence-electron chi connectivity index (χ2n) is 3.62. The average molecular weight is 185 g/mol. The first-order valence-corrected chi connectivity index (χ1v) is 4.76. The fraction of sp³-hybridized carbons (Fsp3) is 0.167. The van der Waals surface area contributed by atoms with Gasteiger partial charge in [0.05, 0.1) is 6.04 Å². The van der Waals surface area contributed by atoms with Gasteiger partial charge in [-0.05, 0) is 16.8 Å². The molecule has 1 aliphatic heterocycles. The summed E-state index contributed by atoms with van der Waals surface area (Å²) < 4.78 is 5.49. The highest BCUT2D eigenvalue weighted by atomic mass is 16.5. The van der Waals surface area contributed by atoms with Gasteiger partial charge < -0.3 is 10.5 Å². The number of benzene rings is 2. The van der Waals surface area contributed by atoms with E-state index in [0.29, 0.717) is 6.61 Å². The van der Waals surface area contributed by atoms with Crippen molar-refractivity contribution in [1.29, 1.82) is 0 Å². The van der Waals surface area contributed by atoms with Gasteiger partial charge in [-0.1, -0.05) is 30.3 Å². The van der Waals surface area contributed by atoms with E-state index in [1.807, 2.05) is 18.2 Å². The smallest absolute Gasteiger partial charge is 0.124 e. The lowest BCUT2D eigenvalue weighted by Gasteiger charge is -2.05. The van der Waals surface area contributed by atoms with Crippen molar-refractivity contribution >= 4 is 10.8 Å². The molecule has 0 fully saturated rings. The monoisotopic (exact) mass is 185 g/mol. The summed E-state index contributed by atoms with van der Waals surface area (Å²) in [4.78, 5) is 0. The van der Waals surface area contributed by atoms with E-state index < -0.39 is 0 Å². The zero-order valence-corrected chi connectivity index (χ0v) is 7.73. The topological polar surface area (TPSA) is 35.2 Å². The molecule has 0 radical (unpaired) electrons. The largest absolute Gasteiger partial charge is 0.491 e. The molecule has 0 amide bonds. The van der Waals surface area contributed by atoms with E-state index in [1.165, 1.54) is 10.8 Å². The van der Waals surface area contributed by atoms with E-state index >= 15 is 0 Å².